The van der Waals surface area contributed by atoms with Gasteiger partial charge in [0.25, 0.3) is 0 Å². The highest BCUT2D eigenvalue weighted by molar-refractivity contribution is 7.91. The molecule has 0 saturated heterocycles. The largest absolute Gasteiger partial charge is 0.313 e. The monoisotopic (exact) mass is 297 g/mol. The second-order valence-electron chi connectivity index (χ2n) is 5.52. The van der Waals surface area contributed by atoms with Crippen LogP contribution in [0.2, 0.25) is 0 Å². The van der Waals surface area contributed by atoms with Crippen molar-refractivity contribution in [3.05, 3.63) is 29.8 Å². The van der Waals surface area contributed by atoms with Gasteiger partial charge in [-0.15, -0.1) is 0 Å². The number of hydrogen-bond donors (Lipinski definition) is 1. The van der Waals surface area contributed by atoms with E-state index >= 15 is 0 Å². The molecule has 0 fully saturated rings. The molecular formula is C16H27NO2S. The lowest BCUT2D eigenvalue weighted by Crippen LogP contribution is -2.36. The Balaban J connectivity index is 3.01. The quantitative estimate of drug-likeness (QED) is 0.802. The summed E-state index contributed by atoms with van der Waals surface area (Å²) in [5.41, 5.74) is 0.927. The number of nitrogens with one attached hydrogen (secondary N) is 1. The number of benzene rings is 1. The van der Waals surface area contributed by atoms with Crippen LogP contribution in [0.5, 0.6) is 0 Å². The molecule has 1 rings (SSSR count). The van der Waals surface area contributed by atoms with Crippen LogP contribution in [0.3, 0.4) is 0 Å². The van der Waals surface area contributed by atoms with Crippen LogP contribution in [0.4, 0.5) is 0 Å². The van der Waals surface area contributed by atoms with E-state index in [4.69, 9.17) is 0 Å². The minimum Gasteiger partial charge on any atom is -0.313 e. The molecule has 4 heteroatoms. The van der Waals surface area contributed by atoms with E-state index in [1.54, 1.807) is 19.1 Å². The maximum absolute atomic E-state index is 12.2. The summed E-state index contributed by atoms with van der Waals surface area (Å²) in [4.78, 5) is 0.492. The third-order valence-corrected chi connectivity index (χ3v) is 5.42. The fraction of sp³-hybridized carbons (Fsp3) is 0.625. The van der Waals surface area contributed by atoms with E-state index in [-0.39, 0.29) is 5.75 Å². The lowest BCUT2D eigenvalue weighted by molar-refractivity contribution is 0.395. The molecule has 0 aliphatic rings. The van der Waals surface area contributed by atoms with Crippen molar-refractivity contribution in [2.75, 3.05) is 12.3 Å². The Morgan fingerprint density at radius 2 is 1.80 bits per heavy atom. The fourth-order valence-corrected chi connectivity index (χ4v) is 3.39. The molecule has 0 saturated carbocycles. The van der Waals surface area contributed by atoms with Crippen molar-refractivity contribution in [3.8, 4) is 0 Å². The third kappa shape index (κ3) is 4.60. The summed E-state index contributed by atoms with van der Waals surface area (Å²) in [6.07, 6.45) is 1.84. The van der Waals surface area contributed by atoms with Crippen LogP contribution in [0.1, 0.15) is 39.7 Å². The Hall–Kier alpha value is -0.870. The van der Waals surface area contributed by atoms with E-state index in [1.165, 1.54) is 0 Å². The van der Waals surface area contributed by atoms with Gasteiger partial charge < -0.3 is 5.32 Å². The highest BCUT2D eigenvalue weighted by Crippen LogP contribution is 2.20. The predicted molar refractivity (Wildman–Crippen MR) is 84.8 cm³/mol. The number of hydrogen-bond acceptors (Lipinski definition) is 3. The van der Waals surface area contributed by atoms with Gasteiger partial charge in [-0.1, -0.05) is 45.9 Å². The van der Waals surface area contributed by atoms with Crippen molar-refractivity contribution in [3.63, 3.8) is 0 Å². The van der Waals surface area contributed by atoms with Crippen LogP contribution in [-0.2, 0) is 16.3 Å². The van der Waals surface area contributed by atoms with Crippen LogP contribution in [0.25, 0.3) is 0 Å². The summed E-state index contributed by atoms with van der Waals surface area (Å²) in [6.45, 7) is 9.14. The van der Waals surface area contributed by atoms with E-state index in [1.807, 2.05) is 12.1 Å². The second-order valence-corrected chi connectivity index (χ2v) is 7.77. The zero-order chi connectivity index (χ0) is 15.2. The molecule has 0 aromatic heterocycles. The van der Waals surface area contributed by atoms with Crippen molar-refractivity contribution in [1.29, 1.82) is 0 Å². The van der Waals surface area contributed by atoms with Gasteiger partial charge in [-0.2, -0.15) is 0 Å². The lowest BCUT2D eigenvalue weighted by atomic mass is 9.96. The van der Waals surface area contributed by atoms with Crippen LogP contribution >= 0.6 is 0 Å². The first-order chi connectivity index (χ1) is 9.42. The first-order valence-corrected chi connectivity index (χ1v) is 9.11. The molecule has 3 nitrogen and oxygen atoms in total. The van der Waals surface area contributed by atoms with E-state index in [0.717, 1.165) is 24.9 Å². The Bertz CT molecular complexity index is 509. The van der Waals surface area contributed by atoms with Gasteiger partial charge in [-0.3, -0.25) is 0 Å². The van der Waals surface area contributed by atoms with Crippen molar-refractivity contribution in [2.24, 2.45) is 5.92 Å². The molecule has 0 bridgehead atoms. The van der Waals surface area contributed by atoms with E-state index in [9.17, 15) is 8.42 Å². The van der Waals surface area contributed by atoms with E-state index < -0.39 is 9.84 Å². The summed E-state index contributed by atoms with van der Waals surface area (Å²) in [7, 11) is -3.15. The van der Waals surface area contributed by atoms with Gasteiger partial charge in [0.1, 0.15) is 0 Å². The number of rotatable bonds is 8. The molecule has 0 amide bonds. The summed E-state index contributed by atoms with van der Waals surface area (Å²) >= 11 is 0. The molecule has 20 heavy (non-hydrogen) atoms. The first kappa shape index (κ1) is 17.2. The minimum atomic E-state index is -3.15. The van der Waals surface area contributed by atoms with Crippen molar-refractivity contribution < 1.29 is 8.42 Å². The average Bonchev–Trinajstić information content (AvgIpc) is 2.43. The SMILES string of the molecule is CCCNC(Cc1ccccc1S(=O)(=O)CC)C(C)C. The third-order valence-electron chi connectivity index (χ3n) is 3.59. The van der Waals surface area contributed by atoms with Crippen LogP contribution in [-0.4, -0.2) is 26.8 Å². The lowest BCUT2D eigenvalue weighted by Gasteiger charge is -2.23. The van der Waals surface area contributed by atoms with Crippen LogP contribution < -0.4 is 5.32 Å². The van der Waals surface area contributed by atoms with Crippen molar-refractivity contribution >= 4 is 9.84 Å². The summed E-state index contributed by atoms with van der Waals surface area (Å²) < 4.78 is 24.3. The van der Waals surface area contributed by atoms with Gasteiger partial charge in [-0.05, 0) is 36.9 Å². The van der Waals surface area contributed by atoms with Crippen LogP contribution in [0.15, 0.2) is 29.2 Å². The molecule has 0 spiro atoms. The average molecular weight is 297 g/mol. The zero-order valence-electron chi connectivity index (χ0n) is 13.0. The standard InChI is InChI=1S/C16H27NO2S/c1-5-11-17-15(13(3)4)12-14-9-7-8-10-16(14)20(18,19)6-2/h7-10,13,15,17H,5-6,11-12H2,1-4H3. The highest BCUT2D eigenvalue weighted by atomic mass is 32.2. The Labute approximate surface area is 123 Å². The molecule has 1 N–H and O–H groups in total. The maximum Gasteiger partial charge on any atom is 0.178 e. The topological polar surface area (TPSA) is 46.2 Å². The molecule has 1 aromatic carbocycles. The number of sulfone groups is 1. The molecule has 0 aliphatic carbocycles. The summed E-state index contributed by atoms with van der Waals surface area (Å²) in [6, 6.07) is 7.69. The summed E-state index contributed by atoms with van der Waals surface area (Å²) in [5.74, 6) is 0.623. The Morgan fingerprint density at radius 3 is 2.35 bits per heavy atom. The van der Waals surface area contributed by atoms with Gasteiger partial charge in [-0.25, -0.2) is 8.42 Å². The molecule has 1 atom stereocenters. The molecular weight excluding hydrogens is 270 g/mol. The van der Waals surface area contributed by atoms with Crippen LogP contribution in [0, 0.1) is 5.92 Å². The molecule has 0 radical (unpaired) electrons. The Morgan fingerprint density at radius 1 is 1.15 bits per heavy atom. The minimum absolute atomic E-state index is 0.152. The molecule has 0 heterocycles. The molecule has 114 valence electrons. The van der Waals surface area contributed by atoms with Gasteiger partial charge >= 0.3 is 0 Å². The van der Waals surface area contributed by atoms with Gasteiger partial charge in [0.05, 0.1) is 10.6 Å². The smallest absolute Gasteiger partial charge is 0.178 e. The maximum atomic E-state index is 12.2. The highest BCUT2D eigenvalue weighted by Gasteiger charge is 2.20. The zero-order valence-corrected chi connectivity index (χ0v) is 13.8. The van der Waals surface area contributed by atoms with Gasteiger partial charge in [0, 0.05) is 6.04 Å². The first-order valence-electron chi connectivity index (χ1n) is 7.46. The predicted octanol–water partition coefficient (Wildman–Crippen LogP) is 3.05. The summed E-state index contributed by atoms with van der Waals surface area (Å²) in [5, 5.41) is 3.52. The fourth-order valence-electron chi connectivity index (χ4n) is 2.24. The van der Waals surface area contributed by atoms with Crippen molar-refractivity contribution in [2.45, 2.75) is 51.5 Å². The molecule has 0 aliphatic heterocycles. The Kier molecular flexibility index (Phi) is 6.69. The normalized spacial score (nSPS) is 13.7. The van der Waals surface area contributed by atoms with Gasteiger partial charge in [0.15, 0.2) is 9.84 Å². The van der Waals surface area contributed by atoms with E-state index in [2.05, 4.69) is 26.1 Å². The van der Waals surface area contributed by atoms with Gasteiger partial charge in [0.2, 0.25) is 0 Å². The second kappa shape index (κ2) is 7.79. The van der Waals surface area contributed by atoms with Crippen molar-refractivity contribution in [1.82, 2.24) is 5.32 Å². The molecule has 1 aromatic rings. The molecule has 1 unspecified atom stereocenters. The van der Waals surface area contributed by atoms with E-state index in [0.29, 0.717) is 16.9 Å².